The van der Waals surface area contributed by atoms with Gasteiger partial charge in [-0.15, -0.1) is 24.9 Å². The Labute approximate surface area is 121 Å². The van der Waals surface area contributed by atoms with Crippen LogP contribution in [0.1, 0.15) is 34.1 Å². The normalized spacial score (nSPS) is 11.9. The highest BCUT2D eigenvalue weighted by molar-refractivity contribution is 8.13. The van der Waals surface area contributed by atoms with Crippen molar-refractivity contribution in [3.63, 3.8) is 0 Å². The number of esters is 1. The zero-order valence-corrected chi connectivity index (χ0v) is 13.5. The molecule has 0 unspecified atom stereocenters. The van der Waals surface area contributed by atoms with Crippen LogP contribution < -0.4 is 5.32 Å². The summed E-state index contributed by atoms with van der Waals surface area (Å²) in [5, 5.41) is 4.03. The molecule has 0 aromatic rings. The first-order valence-corrected chi connectivity index (χ1v) is 7.56. The molecule has 0 heterocycles. The Kier molecular flexibility index (Phi) is 14.0. The fraction of sp³-hybridized carbons (Fsp3) is 0.571. The summed E-state index contributed by atoms with van der Waals surface area (Å²) in [6.07, 6.45) is 2.56. The van der Waals surface area contributed by atoms with Crippen molar-refractivity contribution in [1.82, 2.24) is 5.32 Å². The van der Waals surface area contributed by atoms with E-state index in [1.165, 1.54) is 0 Å². The van der Waals surface area contributed by atoms with Gasteiger partial charge in [-0.25, -0.2) is 9.79 Å². The number of ether oxygens (including phenoxy) is 1. The molecule has 0 aromatic heterocycles. The lowest BCUT2D eigenvalue weighted by Gasteiger charge is -2.11. The minimum absolute atomic E-state index is 0.288. The molecular formula is C14H26N2O2S. The quantitative estimate of drug-likeness (QED) is 0.267. The largest absolute Gasteiger partial charge is 0.463 e. The van der Waals surface area contributed by atoms with Gasteiger partial charge < -0.3 is 10.1 Å². The SMILES string of the molecule is C=C.CCNC(/N=C(\C)SC)=C(/CC)C(=O)OCC. The Morgan fingerprint density at radius 3 is 2.26 bits per heavy atom. The summed E-state index contributed by atoms with van der Waals surface area (Å²) >= 11 is 1.56. The van der Waals surface area contributed by atoms with Gasteiger partial charge in [0.2, 0.25) is 0 Å². The van der Waals surface area contributed by atoms with Crippen LogP contribution in [0.2, 0.25) is 0 Å². The average molecular weight is 286 g/mol. The minimum atomic E-state index is -0.288. The third kappa shape index (κ3) is 8.48. The monoisotopic (exact) mass is 286 g/mol. The summed E-state index contributed by atoms with van der Waals surface area (Å²) in [7, 11) is 0. The number of carbonyl (C=O) groups excluding carboxylic acids is 1. The van der Waals surface area contributed by atoms with Crippen LogP contribution in [0.4, 0.5) is 0 Å². The van der Waals surface area contributed by atoms with Gasteiger partial charge in [-0.2, -0.15) is 0 Å². The lowest BCUT2D eigenvalue weighted by Crippen LogP contribution is -2.19. The van der Waals surface area contributed by atoms with Crippen molar-refractivity contribution in [2.45, 2.75) is 34.1 Å². The second-order valence-corrected chi connectivity index (χ2v) is 4.27. The van der Waals surface area contributed by atoms with Gasteiger partial charge in [-0.1, -0.05) is 6.92 Å². The van der Waals surface area contributed by atoms with E-state index >= 15 is 0 Å². The van der Waals surface area contributed by atoms with Crippen molar-refractivity contribution >= 4 is 22.8 Å². The Hall–Kier alpha value is -1.23. The summed E-state index contributed by atoms with van der Waals surface area (Å²) in [6, 6.07) is 0. The van der Waals surface area contributed by atoms with E-state index < -0.39 is 0 Å². The lowest BCUT2D eigenvalue weighted by molar-refractivity contribution is -0.138. The van der Waals surface area contributed by atoms with E-state index in [1.54, 1.807) is 18.7 Å². The zero-order chi connectivity index (χ0) is 15.3. The second-order valence-electron chi connectivity index (χ2n) is 3.27. The molecule has 19 heavy (non-hydrogen) atoms. The van der Waals surface area contributed by atoms with Crippen LogP contribution in [0.25, 0.3) is 0 Å². The van der Waals surface area contributed by atoms with Crippen molar-refractivity contribution in [2.24, 2.45) is 4.99 Å². The van der Waals surface area contributed by atoms with Crippen molar-refractivity contribution < 1.29 is 9.53 Å². The van der Waals surface area contributed by atoms with Gasteiger partial charge in [-0.3, -0.25) is 0 Å². The van der Waals surface area contributed by atoms with E-state index in [9.17, 15) is 4.79 Å². The minimum Gasteiger partial charge on any atom is -0.463 e. The first-order chi connectivity index (χ1) is 9.10. The number of nitrogens with zero attached hydrogens (tertiary/aromatic N) is 1. The molecule has 0 saturated heterocycles. The summed E-state index contributed by atoms with van der Waals surface area (Å²) in [5.74, 6) is 0.337. The molecule has 0 rings (SSSR count). The predicted octanol–water partition coefficient (Wildman–Crippen LogP) is 3.36. The van der Waals surface area contributed by atoms with E-state index in [1.807, 2.05) is 27.0 Å². The van der Waals surface area contributed by atoms with E-state index in [0.717, 1.165) is 11.6 Å². The van der Waals surface area contributed by atoms with Crippen molar-refractivity contribution in [3.8, 4) is 0 Å². The number of thioether (sulfide) groups is 1. The Morgan fingerprint density at radius 1 is 1.32 bits per heavy atom. The van der Waals surface area contributed by atoms with Crippen LogP contribution in [0.5, 0.6) is 0 Å². The highest BCUT2D eigenvalue weighted by Crippen LogP contribution is 2.12. The molecule has 0 spiro atoms. The maximum absolute atomic E-state index is 11.8. The van der Waals surface area contributed by atoms with Gasteiger partial charge >= 0.3 is 5.97 Å². The van der Waals surface area contributed by atoms with Crippen LogP contribution in [0.15, 0.2) is 29.5 Å². The number of rotatable bonds is 6. The van der Waals surface area contributed by atoms with Crippen LogP contribution in [-0.4, -0.2) is 30.4 Å². The average Bonchev–Trinajstić information content (AvgIpc) is 2.42. The molecule has 0 saturated carbocycles. The van der Waals surface area contributed by atoms with Crippen molar-refractivity contribution in [3.05, 3.63) is 24.6 Å². The lowest BCUT2D eigenvalue weighted by atomic mass is 10.2. The topological polar surface area (TPSA) is 50.7 Å². The molecule has 1 N–H and O–H groups in total. The first kappa shape index (κ1) is 20.1. The van der Waals surface area contributed by atoms with Gasteiger partial charge in [0.1, 0.15) is 5.82 Å². The van der Waals surface area contributed by atoms with Crippen LogP contribution in [0.3, 0.4) is 0 Å². The first-order valence-electron chi connectivity index (χ1n) is 6.33. The molecule has 0 aromatic carbocycles. The third-order valence-corrected chi connectivity index (χ3v) is 2.75. The van der Waals surface area contributed by atoms with Gasteiger partial charge in [0.05, 0.1) is 17.2 Å². The molecule has 0 radical (unpaired) electrons. The molecule has 0 fully saturated rings. The van der Waals surface area contributed by atoms with Crippen LogP contribution in [0, 0.1) is 0 Å². The fourth-order valence-corrected chi connectivity index (χ4v) is 1.39. The number of nitrogens with one attached hydrogen (secondary N) is 1. The maximum atomic E-state index is 11.8. The maximum Gasteiger partial charge on any atom is 0.337 e. The molecular weight excluding hydrogens is 260 g/mol. The van der Waals surface area contributed by atoms with Crippen molar-refractivity contribution in [1.29, 1.82) is 0 Å². The highest BCUT2D eigenvalue weighted by Gasteiger charge is 2.14. The standard InChI is InChI=1S/C12H22N2O2S.C2H4/c1-6-10(12(15)16-8-3)11(13-7-2)14-9(4)17-5;1-2/h13H,6-8H2,1-5H3;1-2H2/b11-10+,14-9+;. The fourth-order valence-electron chi connectivity index (χ4n) is 1.21. The molecule has 4 nitrogen and oxygen atoms in total. The highest BCUT2D eigenvalue weighted by atomic mass is 32.2. The number of carbonyl (C=O) groups is 1. The Morgan fingerprint density at radius 2 is 1.89 bits per heavy atom. The molecule has 0 amide bonds. The molecule has 0 atom stereocenters. The van der Waals surface area contributed by atoms with Gasteiger partial charge in [-0.05, 0) is 33.4 Å². The number of aliphatic imine (C=N–C) groups is 1. The third-order valence-electron chi connectivity index (χ3n) is 2.07. The summed E-state index contributed by atoms with van der Waals surface area (Å²) in [4.78, 5) is 16.2. The Bertz CT molecular complexity index is 325. The number of hydrogen-bond acceptors (Lipinski definition) is 5. The second kappa shape index (κ2) is 13.2. The van der Waals surface area contributed by atoms with E-state index in [2.05, 4.69) is 23.5 Å². The zero-order valence-electron chi connectivity index (χ0n) is 12.7. The van der Waals surface area contributed by atoms with Gasteiger partial charge in [0.25, 0.3) is 0 Å². The Balaban J connectivity index is 0. The van der Waals surface area contributed by atoms with Gasteiger partial charge in [0, 0.05) is 6.54 Å². The van der Waals surface area contributed by atoms with Crippen LogP contribution >= 0.6 is 11.8 Å². The van der Waals surface area contributed by atoms with Gasteiger partial charge in [0.15, 0.2) is 0 Å². The molecule has 110 valence electrons. The predicted molar refractivity (Wildman–Crippen MR) is 85.5 cm³/mol. The number of hydrogen-bond donors (Lipinski definition) is 1. The molecule has 0 aliphatic carbocycles. The molecule has 0 aliphatic heterocycles. The molecule has 0 aliphatic rings. The summed E-state index contributed by atoms with van der Waals surface area (Å²) < 4.78 is 5.02. The van der Waals surface area contributed by atoms with Crippen LogP contribution in [-0.2, 0) is 9.53 Å². The van der Waals surface area contributed by atoms with E-state index in [-0.39, 0.29) is 5.97 Å². The van der Waals surface area contributed by atoms with Crippen molar-refractivity contribution in [2.75, 3.05) is 19.4 Å². The smallest absolute Gasteiger partial charge is 0.337 e. The van der Waals surface area contributed by atoms with E-state index in [4.69, 9.17) is 4.74 Å². The molecule has 0 bridgehead atoms. The summed E-state index contributed by atoms with van der Waals surface area (Å²) in [6.45, 7) is 14.7. The molecule has 5 heteroatoms. The van der Waals surface area contributed by atoms with E-state index in [0.29, 0.717) is 24.4 Å². The summed E-state index contributed by atoms with van der Waals surface area (Å²) in [5.41, 5.74) is 0.599.